The van der Waals surface area contributed by atoms with Crippen molar-refractivity contribution in [1.82, 2.24) is 9.97 Å². The van der Waals surface area contributed by atoms with Crippen molar-refractivity contribution >= 4 is 16.7 Å². The smallest absolute Gasteiger partial charge is 0.107 e. The number of anilines is 1. The second-order valence-electron chi connectivity index (χ2n) is 6.01. The molecule has 0 aliphatic carbocycles. The summed E-state index contributed by atoms with van der Waals surface area (Å²) < 4.78 is 0. The van der Waals surface area contributed by atoms with E-state index in [2.05, 4.69) is 60.5 Å². The van der Waals surface area contributed by atoms with Crippen LogP contribution in [0.25, 0.3) is 11.0 Å². The average Bonchev–Trinajstić information content (AvgIpc) is 3.04. The predicted octanol–water partition coefficient (Wildman–Crippen LogP) is 3.93. The van der Waals surface area contributed by atoms with Crippen molar-refractivity contribution in [2.75, 3.05) is 11.9 Å². The molecule has 1 aliphatic heterocycles. The third kappa shape index (κ3) is 2.09. The van der Waals surface area contributed by atoms with E-state index in [9.17, 15) is 0 Å². The molecule has 1 unspecified atom stereocenters. The normalized spacial score (nSPS) is 17.0. The van der Waals surface area contributed by atoms with Crippen molar-refractivity contribution in [3.05, 3.63) is 58.9 Å². The fourth-order valence-electron chi connectivity index (χ4n) is 3.19. The number of hydrogen-bond donors (Lipinski definition) is 2. The lowest BCUT2D eigenvalue weighted by atomic mass is 9.98. The van der Waals surface area contributed by atoms with Crippen molar-refractivity contribution < 1.29 is 0 Å². The van der Waals surface area contributed by atoms with E-state index in [1.54, 1.807) is 0 Å². The second kappa shape index (κ2) is 4.62. The maximum absolute atomic E-state index is 4.77. The Balaban J connectivity index is 1.66. The molecule has 1 atom stereocenters. The number of aromatic amines is 1. The first kappa shape index (κ1) is 12.5. The fourth-order valence-corrected chi connectivity index (χ4v) is 3.19. The quantitative estimate of drug-likeness (QED) is 0.745. The summed E-state index contributed by atoms with van der Waals surface area (Å²) in [6, 6.07) is 12.9. The van der Waals surface area contributed by atoms with Crippen molar-refractivity contribution in [3.63, 3.8) is 0 Å². The van der Waals surface area contributed by atoms with E-state index in [0.717, 1.165) is 29.8 Å². The highest BCUT2D eigenvalue weighted by molar-refractivity contribution is 5.77. The Morgan fingerprint density at radius 1 is 1.14 bits per heavy atom. The molecule has 0 saturated carbocycles. The molecule has 21 heavy (non-hydrogen) atoms. The van der Waals surface area contributed by atoms with Gasteiger partial charge < -0.3 is 10.3 Å². The molecule has 0 saturated heterocycles. The topological polar surface area (TPSA) is 40.7 Å². The first-order valence-electron chi connectivity index (χ1n) is 7.49. The van der Waals surface area contributed by atoms with Crippen LogP contribution in [0, 0.1) is 13.8 Å². The number of imidazole rings is 1. The van der Waals surface area contributed by atoms with Crippen LogP contribution in [0.5, 0.6) is 0 Å². The van der Waals surface area contributed by atoms with Crippen LogP contribution < -0.4 is 5.32 Å². The van der Waals surface area contributed by atoms with Gasteiger partial charge in [-0.15, -0.1) is 0 Å². The van der Waals surface area contributed by atoms with Gasteiger partial charge in [0.2, 0.25) is 0 Å². The van der Waals surface area contributed by atoms with Gasteiger partial charge in [0.05, 0.1) is 11.0 Å². The zero-order valence-electron chi connectivity index (χ0n) is 12.4. The number of aromatic nitrogens is 2. The number of rotatable bonds is 2. The van der Waals surface area contributed by atoms with E-state index in [4.69, 9.17) is 4.98 Å². The van der Waals surface area contributed by atoms with Gasteiger partial charge in [0, 0.05) is 24.6 Å². The van der Waals surface area contributed by atoms with E-state index >= 15 is 0 Å². The average molecular weight is 277 g/mol. The molecule has 4 rings (SSSR count). The molecule has 106 valence electrons. The summed E-state index contributed by atoms with van der Waals surface area (Å²) in [6.07, 6.45) is 0.955. The molecular formula is C18H19N3. The number of nitrogens with zero attached hydrogens (tertiary/aromatic N) is 1. The Hall–Kier alpha value is -2.29. The van der Waals surface area contributed by atoms with Crippen LogP contribution in [0.4, 0.5) is 5.69 Å². The molecule has 1 aromatic heterocycles. The van der Waals surface area contributed by atoms with Gasteiger partial charge in [0.15, 0.2) is 0 Å². The van der Waals surface area contributed by atoms with Crippen LogP contribution in [0.15, 0.2) is 36.4 Å². The van der Waals surface area contributed by atoms with Gasteiger partial charge in [-0.3, -0.25) is 0 Å². The summed E-state index contributed by atoms with van der Waals surface area (Å²) in [6.45, 7) is 5.28. The number of fused-ring (bicyclic) bond motifs is 2. The molecule has 3 aromatic rings. The Labute approximate surface area is 124 Å². The van der Waals surface area contributed by atoms with E-state index in [1.807, 2.05) is 0 Å². The summed E-state index contributed by atoms with van der Waals surface area (Å²) in [7, 11) is 0. The van der Waals surface area contributed by atoms with Crippen LogP contribution in [0.2, 0.25) is 0 Å². The van der Waals surface area contributed by atoms with Crippen LogP contribution in [-0.2, 0) is 6.42 Å². The minimum atomic E-state index is 0.504. The summed E-state index contributed by atoms with van der Waals surface area (Å²) in [4.78, 5) is 8.25. The van der Waals surface area contributed by atoms with Crippen molar-refractivity contribution in [2.45, 2.75) is 26.2 Å². The highest BCUT2D eigenvalue weighted by atomic mass is 14.9. The molecular weight excluding hydrogens is 258 g/mol. The molecule has 0 bridgehead atoms. The van der Waals surface area contributed by atoms with E-state index < -0.39 is 0 Å². The van der Waals surface area contributed by atoms with Gasteiger partial charge in [0.1, 0.15) is 5.82 Å². The zero-order valence-corrected chi connectivity index (χ0v) is 12.4. The summed E-state index contributed by atoms with van der Waals surface area (Å²) in [5.41, 5.74) is 7.51. The van der Waals surface area contributed by atoms with Crippen molar-refractivity contribution in [1.29, 1.82) is 0 Å². The molecule has 0 spiro atoms. The largest absolute Gasteiger partial charge is 0.384 e. The monoisotopic (exact) mass is 277 g/mol. The lowest BCUT2D eigenvalue weighted by Gasteiger charge is -2.07. The number of benzene rings is 2. The Morgan fingerprint density at radius 2 is 1.95 bits per heavy atom. The third-order valence-corrected chi connectivity index (χ3v) is 4.53. The van der Waals surface area contributed by atoms with Gasteiger partial charge in [0.25, 0.3) is 0 Å². The number of nitrogens with one attached hydrogen (secondary N) is 2. The van der Waals surface area contributed by atoms with Gasteiger partial charge >= 0.3 is 0 Å². The highest BCUT2D eigenvalue weighted by Crippen LogP contribution is 2.33. The van der Waals surface area contributed by atoms with Gasteiger partial charge in [-0.25, -0.2) is 4.98 Å². The molecule has 1 aliphatic rings. The first-order chi connectivity index (χ1) is 10.2. The van der Waals surface area contributed by atoms with Crippen LogP contribution in [0.3, 0.4) is 0 Å². The summed E-state index contributed by atoms with van der Waals surface area (Å²) >= 11 is 0. The van der Waals surface area contributed by atoms with Gasteiger partial charge in [-0.05, 0) is 48.7 Å². The first-order valence-corrected chi connectivity index (χ1v) is 7.49. The van der Waals surface area contributed by atoms with Crippen LogP contribution in [0.1, 0.15) is 28.4 Å². The number of hydrogen-bond acceptors (Lipinski definition) is 2. The fraction of sp³-hybridized carbons (Fsp3) is 0.278. The summed E-state index contributed by atoms with van der Waals surface area (Å²) in [5.74, 6) is 1.59. The van der Waals surface area contributed by atoms with Crippen LogP contribution in [-0.4, -0.2) is 16.5 Å². The Morgan fingerprint density at radius 3 is 2.86 bits per heavy atom. The van der Waals surface area contributed by atoms with Crippen molar-refractivity contribution in [2.24, 2.45) is 0 Å². The molecule has 2 N–H and O–H groups in total. The molecule has 3 heteroatoms. The van der Waals surface area contributed by atoms with E-state index in [0.29, 0.717) is 5.92 Å². The molecule has 2 aromatic carbocycles. The third-order valence-electron chi connectivity index (χ3n) is 4.53. The molecule has 0 radical (unpaired) electrons. The Bertz CT molecular complexity index is 777. The molecule has 2 heterocycles. The number of para-hydroxylation sites is 1. The lowest BCUT2D eigenvalue weighted by molar-refractivity contribution is 0.723. The van der Waals surface area contributed by atoms with Crippen LogP contribution >= 0.6 is 0 Å². The van der Waals surface area contributed by atoms with E-state index in [1.165, 1.54) is 22.4 Å². The van der Waals surface area contributed by atoms with E-state index in [-0.39, 0.29) is 0 Å². The predicted molar refractivity (Wildman–Crippen MR) is 86.9 cm³/mol. The van der Waals surface area contributed by atoms with Gasteiger partial charge in [-0.1, -0.05) is 18.2 Å². The van der Waals surface area contributed by atoms with Crippen molar-refractivity contribution in [3.8, 4) is 0 Å². The molecule has 0 fully saturated rings. The minimum Gasteiger partial charge on any atom is -0.384 e. The standard InChI is InChI=1S/C18H19N3/c1-11-7-16-17(8-12(11)2)21-18(20-16)9-13-10-19-15-6-4-3-5-14(13)15/h3-8,13,19H,9-10H2,1-2H3,(H,20,21). The van der Waals surface area contributed by atoms with Gasteiger partial charge in [-0.2, -0.15) is 0 Å². The lowest BCUT2D eigenvalue weighted by Crippen LogP contribution is -2.06. The number of H-pyrrole nitrogens is 1. The maximum Gasteiger partial charge on any atom is 0.107 e. The summed E-state index contributed by atoms with van der Waals surface area (Å²) in [5, 5.41) is 3.48. The maximum atomic E-state index is 4.77. The molecule has 0 amide bonds. The zero-order chi connectivity index (χ0) is 14.4. The Kier molecular flexibility index (Phi) is 2.74. The SMILES string of the molecule is Cc1cc2nc(CC3CNc4ccccc43)[nH]c2cc1C. The minimum absolute atomic E-state index is 0.504. The second-order valence-corrected chi connectivity index (χ2v) is 6.01. The highest BCUT2D eigenvalue weighted by Gasteiger charge is 2.22. The molecule has 3 nitrogen and oxygen atoms in total. The number of aryl methyl sites for hydroxylation is 2.